The molecule has 2 N–H and O–H groups in total. The van der Waals surface area contributed by atoms with E-state index in [2.05, 4.69) is 9.97 Å². The molecule has 5 nitrogen and oxygen atoms in total. The Morgan fingerprint density at radius 1 is 1.60 bits per heavy atom. The summed E-state index contributed by atoms with van der Waals surface area (Å²) in [7, 11) is 1.80. The summed E-state index contributed by atoms with van der Waals surface area (Å²) in [5.74, 6) is 1.13. The number of nitrogens with one attached hydrogen (secondary N) is 1. The molecule has 84 valence electrons. The molecule has 0 radical (unpaired) electrons. The van der Waals surface area contributed by atoms with E-state index in [4.69, 9.17) is 0 Å². The number of hydrogen-bond donors (Lipinski definition) is 2. The summed E-state index contributed by atoms with van der Waals surface area (Å²) >= 11 is 0. The molecule has 0 amide bonds. The number of aromatic nitrogens is 2. The lowest BCUT2D eigenvalue weighted by molar-refractivity contribution is 0.215. The summed E-state index contributed by atoms with van der Waals surface area (Å²) < 4.78 is 0. The molecule has 0 aliphatic carbocycles. The molecule has 0 fully saturated rings. The van der Waals surface area contributed by atoms with E-state index in [0.717, 1.165) is 0 Å². The first-order chi connectivity index (χ1) is 6.86. The number of rotatable bonds is 3. The van der Waals surface area contributed by atoms with Crippen molar-refractivity contribution in [2.45, 2.75) is 26.3 Å². The highest BCUT2D eigenvalue weighted by atomic mass is 16.3. The summed E-state index contributed by atoms with van der Waals surface area (Å²) in [4.78, 5) is 19.8. The molecule has 1 aromatic heterocycles. The molecule has 1 rings (SSSR count). The lowest BCUT2D eigenvalue weighted by Gasteiger charge is -2.34. The zero-order valence-corrected chi connectivity index (χ0v) is 9.53. The third-order valence-corrected chi connectivity index (χ3v) is 2.49. The molecule has 0 unspecified atom stereocenters. The van der Waals surface area contributed by atoms with Gasteiger partial charge in [0.1, 0.15) is 11.6 Å². The highest BCUT2D eigenvalue weighted by Crippen LogP contribution is 2.17. The van der Waals surface area contributed by atoms with Gasteiger partial charge in [-0.05, 0) is 20.8 Å². The van der Waals surface area contributed by atoms with Crippen molar-refractivity contribution in [3.63, 3.8) is 0 Å². The summed E-state index contributed by atoms with van der Waals surface area (Å²) in [5, 5.41) is 9.21. The molecular formula is C10H17N3O2. The van der Waals surface area contributed by atoms with Crippen molar-refractivity contribution in [1.82, 2.24) is 9.97 Å². The number of anilines is 1. The Morgan fingerprint density at radius 2 is 2.20 bits per heavy atom. The van der Waals surface area contributed by atoms with Gasteiger partial charge in [-0.15, -0.1) is 0 Å². The smallest absolute Gasteiger partial charge is 0.252 e. The third kappa shape index (κ3) is 2.56. The maximum absolute atomic E-state index is 11.2. The van der Waals surface area contributed by atoms with Crippen LogP contribution in [-0.4, -0.2) is 34.3 Å². The zero-order valence-electron chi connectivity index (χ0n) is 9.53. The first-order valence-corrected chi connectivity index (χ1v) is 4.79. The largest absolute Gasteiger partial charge is 0.394 e. The van der Waals surface area contributed by atoms with Crippen LogP contribution in [0.15, 0.2) is 10.9 Å². The number of aryl methyl sites for hydroxylation is 1. The minimum absolute atomic E-state index is 0.00295. The maximum Gasteiger partial charge on any atom is 0.252 e. The Morgan fingerprint density at radius 3 is 2.67 bits per heavy atom. The van der Waals surface area contributed by atoms with Crippen molar-refractivity contribution in [1.29, 1.82) is 0 Å². The van der Waals surface area contributed by atoms with Gasteiger partial charge < -0.3 is 15.0 Å². The second-order valence-electron chi connectivity index (χ2n) is 4.22. The summed E-state index contributed by atoms with van der Waals surface area (Å²) in [5.41, 5.74) is -0.620. The van der Waals surface area contributed by atoms with Crippen LogP contribution in [0.2, 0.25) is 0 Å². The van der Waals surface area contributed by atoms with Crippen molar-refractivity contribution >= 4 is 5.82 Å². The van der Waals surface area contributed by atoms with Gasteiger partial charge in [-0.3, -0.25) is 4.79 Å². The summed E-state index contributed by atoms with van der Waals surface area (Å²) in [6.45, 7) is 5.48. The quantitative estimate of drug-likeness (QED) is 0.753. The van der Waals surface area contributed by atoms with Crippen molar-refractivity contribution in [3.8, 4) is 0 Å². The molecule has 0 aliphatic rings. The van der Waals surface area contributed by atoms with Crippen LogP contribution < -0.4 is 10.5 Å². The van der Waals surface area contributed by atoms with Gasteiger partial charge in [0.2, 0.25) is 0 Å². The summed E-state index contributed by atoms with van der Waals surface area (Å²) in [6, 6.07) is 1.42. The fourth-order valence-electron chi connectivity index (χ4n) is 1.15. The molecule has 5 heteroatoms. The Balaban J connectivity index is 3.11. The predicted molar refractivity (Wildman–Crippen MR) is 59.2 cm³/mol. The van der Waals surface area contributed by atoms with Gasteiger partial charge in [-0.1, -0.05) is 0 Å². The maximum atomic E-state index is 11.2. The molecule has 15 heavy (non-hydrogen) atoms. The number of likely N-dealkylation sites (N-methyl/N-ethyl adjacent to an activating group) is 1. The van der Waals surface area contributed by atoms with Gasteiger partial charge in [-0.25, -0.2) is 4.98 Å². The molecule has 0 bridgehead atoms. The van der Waals surface area contributed by atoms with Gasteiger partial charge in [0.15, 0.2) is 0 Å². The van der Waals surface area contributed by atoms with E-state index in [9.17, 15) is 9.90 Å². The highest BCUT2D eigenvalue weighted by Gasteiger charge is 2.23. The van der Waals surface area contributed by atoms with Gasteiger partial charge >= 0.3 is 0 Å². The molecular weight excluding hydrogens is 194 g/mol. The first kappa shape index (κ1) is 11.7. The van der Waals surface area contributed by atoms with Gasteiger partial charge in [-0.2, -0.15) is 0 Å². The first-order valence-electron chi connectivity index (χ1n) is 4.79. The van der Waals surface area contributed by atoms with Crippen molar-refractivity contribution in [3.05, 3.63) is 22.2 Å². The SMILES string of the molecule is Cc1nc(N(C)C(C)(C)CO)cc(=O)[nH]1. The minimum Gasteiger partial charge on any atom is -0.394 e. The third-order valence-electron chi connectivity index (χ3n) is 2.49. The monoisotopic (exact) mass is 211 g/mol. The van der Waals surface area contributed by atoms with Gasteiger partial charge in [0, 0.05) is 13.1 Å². The van der Waals surface area contributed by atoms with E-state index in [1.807, 2.05) is 13.8 Å². The van der Waals surface area contributed by atoms with Gasteiger partial charge in [0.05, 0.1) is 12.1 Å². The average Bonchev–Trinajstić information content (AvgIpc) is 2.15. The fourth-order valence-corrected chi connectivity index (χ4v) is 1.15. The number of aromatic amines is 1. The molecule has 0 spiro atoms. The van der Waals surface area contributed by atoms with Crippen LogP contribution in [0.4, 0.5) is 5.82 Å². The van der Waals surface area contributed by atoms with Crippen LogP contribution in [0.1, 0.15) is 19.7 Å². The fraction of sp³-hybridized carbons (Fsp3) is 0.600. The van der Waals surface area contributed by atoms with Crippen LogP contribution in [0.25, 0.3) is 0 Å². The van der Waals surface area contributed by atoms with E-state index >= 15 is 0 Å². The predicted octanol–water partition coefficient (Wildman–Crippen LogP) is 0.285. The van der Waals surface area contributed by atoms with E-state index in [1.54, 1.807) is 18.9 Å². The summed E-state index contributed by atoms with van der Waals surface area (Å²) in [6.07, 6.45) is 0. The Kier molecular flexibility index (Phi) is 3.14. The lowest BCUT2D eigenvalue weighted by Crippen LogP contribution is -2.45. The number of H-pyrrole nitrogens is 1. The van der Waals surface area contributed by atoms with E-state index in [1.165, 1.54) is 6.07 Å². The second-order valence-corrected chi connectivity index (χ2v) is 4.22. The van der Waals surface area contributed by atoms with Crippen molar-refractivity contribution in [2.24, 2.45) is 0 Å². The Hall–Kier alpha value is -1.36. The van der Waals surface area contributed by atoms with Crippen LogP contribution in [0.5, 0.6) is 0 Å². The molecule has 0 aromatic carbocycles. The topological polar surface area (TPSA) is 69.2 Å². The molecule has 1 aromatic rings. The second kappa shape index (κ2) is 4.02. The zero-order chi connectivity index (χ0) is 11.6. The number of hydrogen-bond acceptors (Lipinski definition) is 4. The highest BCUT2D eigenvalue weighted by molar-refractivity contribution is 5.39. The Labute approximate surface area is 88.8 Å². The number of aliphatic hydroxyl groups excluding tert-OH is 1. The van der Waals surface area contributed by atoms with E-state index < -0.39 is 5.54 Å². The van der Waals surface area contributed by atoms with Crippen molar-refractivity contribution < 1.29 is 5.11 Å². The lowest BCUT2D eigenvalue weighted by atomic mass is 10.1. The number of nitrogens with zero attached hydrogens (tertiary/aromatic N) is 2. The number of aliphatic hydroxyl groups is 1. The van der Waals surface area contributed by atoms with Crippen LogP contribution in [-0.2, 0) is 0 Å². The average molecular weight is 211 g/mol. The molecule has 1 heterocycles. The molecule has 0 saturated carbocycles. The standard InChI is InChI=1S/C10H17N3O2/c1-7-11-8(5-9(15)12-7)13(4)10(2,3)6-14/h5,14H,6H2,1-4H3,(H,11,12,15). The Bertz CT molecular complexity index is 398. The van der Waals surface area contributed by atoms with E-state index in [-0.39, 0.29) is 12.2 Å². The molecule has 0 atom stereocenters. The minimum atomic E-state index is -0.437. The van der Waals surface area contributed by atoms with E-state index in [0.29, 0.717) is 11.6 Å². The van der Waals surface area contributed by atoms with Crippen LogP contribution >= 0.6 is 0 Å². The van der Waals surface area contributed by atoms with Gasteiger partial charge in [0.25, 0.3) is 5.56 Å². The molecule has 0 saturated heterocycles. The molecule has 0 aliphatic heterocycles. The normalized spacial score (nSPS) is 11.5. The van der Waals surface area contributed by atoms with Crippen molar-refractivity contribution in [2.75, 3.05) is 18.6 Å². The van der Waals surface area contributed by atoms with Crippen LogP contribution in [0.3, 0.4) is 0 Å². The van der Waals surface area contributed by atoms with Crippen LogP contribution in [0, 0.1) is 6.92 Å².